The molecule has 2 aliphatic rings. The van der Waals surface area contributed by atoms with Gasteiger partial charge in [0.15, 0.2) is 0 Å². The smallest absolute Gasteiger partial charge is 0.407 e. The van der Waals surface area contributed by atoms with Crippen molar-refractivity contribution in [1.29, 1.82) is 0 Å². The monoisotopic (exact) mass is 472 g/mol. The van der Waals surface area contributed by atoms with Crippen molar-refractivity contribution >= 4 is 18.0 Å². The van der Waals surface area contributed by atoms with Gasteiger partial charge in [-0.1, -0.05) is 62.4 Å². The zero-order valence-corrected chi connectivity index (χ0v) is 18.8. The topological polar surface area (TPSA) is 105 Å². The fraction of sp³-hybridized carbons (Fsp3) is 0.400. The van der Waals surface area contributed by atoms with E-state index in [9.17, 15) is 23.2 Å². The summed E-state index contributed by atoms with van der Waals surface area (Å²) in [5, 5.41) is 13.7. The minimum absolute atomic E-state index is 0.0412. The first-order valence-corrected chi connectivity index (χ1v) is 11.1. The molecule has 3 N–H and O–H groups in total. The zero-order valence-electron chi connectivity index (χ0n) is 18.8. The molecule has 2 aromatic carbocycles. The first-order chi connectivity index (χ1) is 16.1. The van der Waals surface area contributed by atoms with E-state index in [1.54, 1.807) is 13.8 Å². The second kappa shape index (κ2) is 9.04. The Bertz CT molecular complexity index is 1070. The number of hydrogen-bond donors (Lipinski definition) is 3. The fourth-order valence-corrected chi connectivity index (χ4v) is 4.60. The summed E-state index contributed by atoms with van der Waals surface area (Å²) in [7, 11) is 0. The third-order valence-corrected chi connectivity index (χ3v) is 6.53. The first-order valence-electron chi connectivity index (χ1n) is 11.1. The molecule has 0 heterocycles. The van der Waals surface area contributed by atoms with Crippen molar-refractivity contribution in [2.24, 2.45) is 17.8 Å². The molecule has 0 bridgehead atoms. The molecule has 9 heteroatoms. The lowest BCUT2D eigenvalue weighted by Gasteiger charge is -2.17. The third kappa shape index (κ3) is 4.34. The summed E-state index contributed by atoms with van der Waals surface area (Å²) in [5.74, 6) is -9.40. The summed E-state index contributed by atoms with van der Waals surface area (Å²) >= 11 is 0. The Kier molecular flexibility index (Phi) is 6.29. The number of alkyl halides is 2. The molecule has 34 heavy (non-hydrogen) atoms. The van der Waals surface area contributed by atoms with Crippen molar-refractivity contribution in [1.82, 2.24) is 10.6 Å². The number of carbonyl (C=O) groups excluding carboxylic acids is 2. The van der Waals surface area contributed by atoms with Crippen LogP contribution in [0.1, 0.15) is 30.9 Å². The maximum Gasteiger partial charge on any atom is 0.407 e. The number of alkyl carbamates (subject to hydrolysis) is 1. The molecule has 0 aromatic heterocycles. The van der Waals surface area contributed by atoms with E-state index < -0.39 is 54.2 Å². The molecule has 180 valence electrons. The van der Waals surface area contributed by atoms with Crippen LogP contribution in [0.5, 0.6) is 0 Å². The Labute approximate surface area is 195 Å². The summed E-state index contributed by atoms with van der Waals surface area (Å²) in [4.78, 5) is 35.7. The number of benzene rings is 2. The molecule has 7 nitrogen and oxygen atoms in total. The first kappa shape index (κ1) is 23.7. The molecule has 0 aliphatic heterocycles. The quantitative estimate of drug-likeness (QED) is 0.544. The number of amides is 2. The third-order valence-electron chi connectivity index (χ3n) is 6.53. The number of ether oxygens (including phenoxy) is 1. The number of halogens is 2. The van der Waals surface area contributed by atoms with E-state index in [1.807, 2.05) is 48.5 Å². The Balaban J connectivity index is 1.32. The maximum absolute atomic E-state index is 14.2. The Hall–Kier alpha value is -3.49. The van der Waals surface area contributed by atoms with Crippen molar-refractivity contribution in [3.63, 3.8) is 0 Å². The van der Waals surface area contributed by atoms with Gasteiger partial charge >= 0.3 is 12.1 Å². The number of carbonyl (C=O) groups is 3. The maximum atomic E-state index is 14.2. The van der Waals surface area contributed by atoms with Crippen LogP contribution in [0.25, 0.3) is 11.1 Å². The van der Waals surface area contributed by atoms with Crippen LogP contribution >= 0.6 is 0 Å². The van der Waals surface area contributed by atoms with Crippen molar-refractivity contribution < 1.29 is 33.0 Å². The SMILES string of the molecule is CC(C)[C@@H](NC(=O)C1C(CNC(=O)OCC2c3ccccc3-c3ccccc32)C1(F)F)C(=O)O. The number of rotatable bonds is 8. The van der Waals surface area contributed by atoms with Gasteiger partial charge in [-0.3, -0.25) is 4.79 Å². The van der Waals surface area contributed by atoms with E-state index in [2.05, 4.69) is 10.6 Å². The molecule has 0 saturated heterocycles. The second-order valence-electron chi connectivity index (χ2n) is 9.03. The minimum Gasteiger partial charge on any atom is -0.480 e. The highest BCUT2D eigenvalue weighted by Crippen LogP contribution is 2.55. The Morgan fingerprint density at radius 2 is 1.59 bits per heavy atom. The van der Waals surface area contributed by atoms with Crippen LogP contribution in [0, 0.1) is 17.8 Å². The van der Waals surface area contributed by atoms with Gasteiger partial charge in [-0.15, -0.1) is 0 Å². The van der Waals surface area contributed by atoms with Gasteiger partial charge in [0.05, 0.1) is 5.92 Å². The van der Waals surface area contributed by atoms with Crippen LogP contribution in [0.15, 0.2) is 48.5 Å². The average Bonchev–Trinajstić information content (AvgIpc) is 3.20. The van der Waals surface area contributed by atoms with Crippen molar-refractivity contribution in [2.45, 2.75) is 31.7 Å². The number of carboxylic acids is 1. The molecule has 1 fully saturated rings. The number of aliphatic carboxylic acids is 1. The second-order valence-corrected chi connectivity index (χ2v) is 9.03. The molecule has 2 aliphatic carbocycles. The number of carboxylic acid groups (broad SMARTS) is 1. The number of nitrogens with one attached hydrogen (secondary N) is 2. The highest BCUT2D eigenvalue weighted by molar-refractivity contribution is 5.88. The summed E-state index contributed by atoms with van der Waals surface area (Å²) in [5.41, 5.74) is 4.19. The Morgan fingerprint density at radius 3 is 2.12 bits per heavy atom. The van der Waals surface area contributed by atoms with E-state index in [-0.39, 0.29) is 12.5 Å². The van der Waals surface area contributed by atoms with Crippen LogP contribution in [0.4, 0.5) is 13.6 Å². The summed E-state index contributed by atoms with van der Waals surface area (Å²) in [6.07, 6.45) is -0.852. The lowest BCUT2D eigenvalue weighted by Crippen LogP contribution is -2.45. The van der Waals surface area contributed by atoms with Crippen LogP contribution in [-0.4, -0.2) is 48.2 Å². The summed E-state index contributed by atoms with van der Waals surface area (Å²) in [6, 6.07) is 14.4. The van der Waals surface area contributed by atoms with Gasteiger partial charge < -0.3 is 20.5 Å². The zero-order chi connectivity index (χ0) is 24.6. The van der Waals surface area contributed by atoms with E-state index >= 15 is 0 Å². The van der Waals surface area contributed by atoms with Crippen LogP contribution in [0.3, 0.4) is 0 Å². The van der Waals surface area contributed by atoms with E-state index in [4.69, 9.17) is 9.84 Å². The standard InChI is InChI=1S/C25H26F2N2O5/c1-13(2)21(23(31)32)29-22(30)20-19(25(20,26)27)11-28-24(33)34-12-18-16-9-5-3-7-14(16)15-8-4-6-10-17(15)18/h3-10,13,18-21H,11-12H2,1-2H3,(H,28,33)(H,29,30)(H,31,32)/t19?,20?,21-/m1/s1. The Morgan fingerprint density at radius 1 is 1.03 bits per heavy atom. The van der Waals surface area contributed by atoms with Gasteiger partial charge in [0.25, 0.3) is 5.92 Å². The van der Waals surface area contributed by atoms with Crippen molar-refractivity contribution in [3.8, 4) is 11.1 Å². The minimum atomic E-state index is -3.33. The van der Waals surface area contributed by atoms with Crippen molar-refractivity contribution in [2.75, 3.05) is 13.2 Å². The molecule has 4 rings (SSSR count). The van der Waals surface area contributed by atoms with Crippen LogP contribution < -0.4 is 10.6 Å². The highest BCUT2D eigenvalue weighted by Gasteiger charge is 2.71. The molecule has 1 saturated carbocycles. The lowest BCUT2D eigenvalue weighted by atomic mass is 9.98. The molecule has 0 radical (unpaired) electrons. The predicted molar refractivity (Wildman–Crippen MR) is 119 cm³/mol. The van der Waals surface area contributed by atoms with Gasteiger partial charge in [0, 0.05) is 12.5 Å². The fourth-order valence-electron chi connectivity index (χ4n) is 4.60. The molecular weight excluding hydrogens is 446 g/mol. The largest absolute Gasteiger partial charge is 0.480 e. The van der Waals surface area contributed by atoms with Crippen molar-refractivity contribution in [3.05, 3.63) is 59.7 Å². The lowest BCUT2D eigenvalue weighted by molar-refractivity contribution is -0.143. The summed E-state index contributed by atoms with van der Waals surface area (Å²) in [6.45, 7) is 2.72. The summed E-state index contributed by atoms with van der Waals surface area (Å²) < 4.78 is 33.7. The van der Waals surface area contributed by atoms with Gasteiger partial charge in [0.2, 0.25) is 5.91 Å². The van der Waals surface area contributed by atoms with Gasteiger partial charge in [-0.2, -0.15) is 0 Å². The van der Waals surface area contributed by atoms with Gasteiger partial charge in [-0.25, -0.2) is 18.4 Å². The van der Waals surface area contributed by atoms with Crippen LogP contribution in [-0.2, 0) is 14.3 Å². The van der Waals surface area contributed by atoms with Crippen LogP contribution in [0.2, 0.25) is 0 Å². The normalized spacial score (nSPS) is 20.7. The van der Waals surface area contributed by atoms with E-state index in [0.717, 1.165) is 22.3 Å². The van der Waals surface area contributed by atoms with E-state index in [1.165, 1.54) is 0 Å². The molecule has 2 unspecified atom stereocenters. The number of hydrogen-bond acceptors (Lipinski definition) is 4. The van der Waals surface area contributed by atoms with Gasteiger partial charge in [0.1, 0.15) is 18.6 Å². The average molecular weight is 472 g/mol. The van der Waals surface area contributed by atoms with Gasteiger partial charge in [-0.05, 0) is 28.2 Å². The number of fused-ring (bicyclic) bond motifs is 3. The molecule has 2 amide bonds. The molecular formula is C25H26F2N2O5. The highest BCUT2D eigenvalue weighted by atomic mass is 19.3. The van der Waals surface area contributed by atoms with E-state index in [0.29, 0.717) is 0 Å². The molecule has 3 atom stereocenters. The predicted octanol–water partition coefficient (Wildman–Crippen LogP) is 3.63. The molecule has 0 spiro atoms. The molecule has 2 aromatic rings.